The lowest BCUT2D eigenvalue weighted by Crippen LogP contribution is -2.33. The lowest BCUT2D eigenvalue weighted by Gasteiger charge is -1.98. The highest BCUT2D eigenvalue weighted by Gasteiger charge is 2.22. The number of hydrogen-bond acceptors (Lipinski definition) is 4. The molecular weight excluding hydrogens is 136 g/mol. The molecule has 0 aromatic rings. The van der Waals surface area contributed by atoms with Gasteiger partial charge in [-0.15, -0.1) is 4.91 Å². The second-order valence-electron chi connectivity index (χ2n) is 1.73. The van der Waals surface area contributed by atoms with Gasteiger partial charge in [0.1, 0.15) is 0 Å². The molecule has 1 unspecified atom stereocenters. The van der Waals surface area contributed by atoms with Gasteiger partial charge in [-0.2, -0.15) is 0 Å². The minimum absolute atomic E-state index is 0.0966. The summed E-state index contributed by atoms with van der Waals surface area (Å²) in [6.07, 6.45) is 0.0966. The smallest absolute Gasteiger partial charge is 0.253 e. The van der Waals surface area contributed by atoms with Crippen molar-refractivity contribution in [3.8, 4) is 0 Å². The number of nitrogens with two attached hydrogens (primary N) is 1. The maximum absolute atomic E-state index is 10.6. The Hall–Kier alpha value is -1.26. The lowest BCUT2D eigenvalue weighted by molar-refractivity contribution is -0.128. The minimum Gasteiger partial charge on any atom is -0.367 e. The number of Topliss-reactive ketones (excluding diaryl/α,β-unsaturated/α-hetero) is 1. The SMILES string of the molecule is CCC(=O)C(N=O)C(N)=O. The van der Waals surface area contributed by atoms with E-state index in [2.05, 4.69) is 10.9 Å². The summed E-state index contributed by atoms with van der Waals surface area (Å²) in [5.41, 5.74) is 4.67. The zero-order valence-corrected chi connectivity index (χ0v) is 5.53. The van der Waals surface area contributed by atoms with E-state index in [-0.39, 0.29) is 6.42 Å². The number of primary amides is 1. The highest BCUT2D eigenvalue weighted by atomic mass is 16.3. The zero-order valence-electron chi connectivity index (χ0n) is 5.53. The number of hydrogen-bond donors (Lipinski definition) is 1. The molecule has 0 fully saturated rings. The molecule has 0 spiro atoms. The van der Waals surface area contributed by atoms with Gasteiger partial charge in [0, 0.05) is 6.42 Å². The molecule has 0 aromatic heterocycles. The van der Waals surface area contributed by atoms with Crippen LogP contribution >= 0.6 is 0 Å². The first-order chi connectivity index (χ1) is 4.63. The molecule has 1 atom stereocenters. The van der Waals surface area contributed by atoms with Crippen LogP contribution in [-0.4, -0.2) is 17.7 Å². The molecule has 0 radical (unpaired) electrons. The van der Waals surface area contributed by atoms with Crippen LogP contribution in [0.4, 0.5) is 0 Å². The quantitative estimate of drug-likeness (QED) is 0.429. The summed E-state index contributed by atoms with van der Waals surface area (Å²) in [5.74, 6) is -1.52. The lowest BCUT2D eigenvalue weighted by atomic mass is 10.1. The second-order valence-corrected chi connectivity index (χ2v) is 1.73. The third-order valence-corrected chi connectivity index (χ3v) is 1.03. The molecule has 0 aliphatic carbocycles. The molecule has 10 heavy (non-hydrogen) atoms. The van der Waals surface area contributed by atoms with E-state index in [1.54, 1.807) is 0 Å². The van der Waals surface area contributed by atoms with E-state index < -0.39 is 17.7 Å². The van der Waals surface area contributed by atoms with Gasteiger partial charge in [0.2, 0.25) is 6.04 Å². The van der Waals surface area contributed by atoms with Gasteiger partial charge in [-0.05, 0) is 5.18 Å². The van der Waals surface area contributed by atoms with Gasteiger partial charge >= 0.3 is 0 Å². The fourth-order valence-electron chi connectivity index (χ4n) is 0.463. The fourth-order valence-corrected chi connectivity index (χ4v) is 0.463. The second kappa shape index (κ2) is 3.71. The first-order valence-electron chi connectivity index (χ1n) is 2.78. The summed E-state index contributed by atoms with van der Waals surface area (Å²) in [6.45, 7) is 1.53. The molecule has 0 heterocycles. The molecule has 0 aliphatic rings. The number of carbonyl (C=O) groups is 2. The predicted molar refractivity (Wildman–Crippen MR) is 34.1 cm³/mol. The highest BCUT2D eigenvalue weighted by molar-refractivity contribution is 6.04. The van der Waals surface area contributed by atoms with Gasteiger partial charge in [0.05, 0.1) is 0 Å². The minimum atomic E-state index is -1.50. The highest BCUT2D eigenvalue weighted by Crippen LogP contribution is 1.94. The van der Waals surface area contributed by atoms with Crippen LogP contribution in [0.25, 0.3) is 0 Å². The average molecular weight is 144 g/mol. The summed E-state index contributed by atoms with van der Waals surface area (Å²) < 4.78 is 0. The van der Waals surface area contributed by atoms with Crippen molar-refractivity contribution >= 4 is 11.7 Å². The zero-order chi connectivity index (χ0) is 8.15. The van der Waals surface area contributed by atoms with E-state index >= 15 is 0 Å². The number of carbonyl (C=O) groups excluding carboxylic acids is 2. The maximum atomic E-state index is 10.6. The van der Waals surface area contributed by atoms with Crippen LogP contribution in [0.3, 0.4) is 0 Å². The van der Waals surface area contributed by atoms with Crippen LogP contribution in [0.2, 0.25) is 0 Å². The molecule has 0 rings (SSSR count). The van der Waals surface area contributed by atoms with Gasteiger partial charge in [0.25, 0.3) is 5.91 Å². The number of nitrogens with zero attached hydrogens (tertiary/aromatic N) is 1. The Labute approximate surface area is 57.6 Å². The van der Waals surface area contributed by atoms with Gasteiger partial charge in [-0.1, -0.05) is 6.92 Å². The molecule has 0 aliphatic heterocycles. The first kappa shape index (κ1) is 8.74. The van der Waals surface area contributed by atoms with Gasteiger partial charge < -0.3 is 5.73 Å². The van der Waals surface area contributed by atoms with Crippen LogP contribution in [0.5, 0.6) is 0 Å². The average Bonchev–Trinajstić information content (AvgIpc) is 1.88. The Kier molecular flexibility index (Phi) is 3.24. The van der Waals surface area contributed by atoms with E-state index in [9.17, 15) is 14.5 Å². The van der Waals surface area contributed by atoms with Crippen molar-refractivity contribution in [2.45, 2.75) is 19.4 Å². The largest absolute Gasteiger partial charge is 0.367 e. The van der Waals surface area contributed by atoms with Crippen LogP contribution in [0.15, 0.2) is 5.18 Å². The maximum Gasteiger partial charge on any atom is 0.253 e. The monoisotopic (exact) mass is 144 g/mol. The van der Waals surface area contributed by atoms with Crippen LogP contribution in [-0.2, 0) is 9.59 Å². The molecule has 5 heteroatoms. The van der Waals surface area contributed by atoms with Crippen molar-refractivity contribution in [1.82, 2.24) is 0 Å². The number of nitroso groups, excluding NO2 is 1. The first-order valence-corrected chi connectivity index (χ1v) is 2.78. The van der Waals surface area contributed by atoms with Crippen LogP contribution < -0.4 is 5.73 Å². The summed E-state index contributed by atoms with van der Waals surface area (Å²) in [4.78, 5) is 30.6. The fraction of sp³-hybridized carbons (Fsp3) is 0.600. The van der Waals surface area contributed by atoms with Crippen LogP contribution in [0, 0.1) is 4.91 Å². The molecule has 5 nitrogen and oxygen atoms in total. The molecule has 0 saturated heterocycles. The Bertz CT molecular complexity index is 166. The van der Waals surface area contributed by atoms with Crippen molar-refractivity contribution in [3.63, 3.8) is 0 Å². The topological polar surface area (TPSA) is 89.6 Å². The van der Waals surface area contributed by atoms with E-state index in [1.165, 1.54) is 6.92 Å². The summed E-state index contributed by atoms with van der Waals surface area (Å²) in [7, 11) is 0. The molecule has 0 aromatic carbocycles. The number of amides is 1. The van der Waals surface area contributed by atoms with Gasteiger partial charge in [-0.3, -0.25) is 9.59 Å². The normalized spacial score (nSPS) is 12.1. The van der Waals surface area contributed by atoms with E-state index in [0.29, 0.717) is 0 Å². The molecular formula is C5H8N2O3. The Morgan fingerprint density at radius 2 is 2.10 bits per heavy atom. The van der Waals surface area contributed by atoms with E-state index in [1.807, 2.05) is 0 Å². The van der Waals surface area contributed by atoms with E-state index in [4.69, 9.17) is 0 Å². The predicted octanol–water partition coefficient (Wildman–Crippen LogP) is -0.414. The van der Waals surface area contributed by atoms with Gasteiger partial charge in [-0.25, -0.2) is 0 Å². The summed E-state index contributed by atoms with van der Waals surface area (Å²) in [5, 5.41) is 2.28. The molecule has 2 N–H and O–H groups in total. The van der Waals surface area contributed by atoms with Crippen molar-refractivity contribution < 1.29 is 9.59 Å². The Morgan fingerprint density at radius 3 is 2.20 bits per heavy atom. The van der Waals surface area contributed by atoms with Crippen LogP contribution in [0.1, 0.15) is 13.3 Å². The molecule has 0 saturated carbocycles. The Balaban J connectivity index is 4.20. The van der Waals surface area contributed by atoms with Crippen molar-refractivity contribution in [2.24, 2.45) is 10.9 Å². The summed E-state index contributed by atoms with van der Waals surface area (Å²) >= 11 is 0. The van der Waals surface area contributed by atoms with E-state index in [0.717, 1.165) is 0 Å². The third-order valence-electron chi connectivity index (χ3n) is 1.03. The van der Waals surface area contributed by atoms with Crippen molar-refractivity contribution in [2.75, 3.05) is 0 Å². The Morgan fingerprint density at radius 1 is 1.60 bits per heavy atom. The summed E-state index contributed by atoms with van der Waals surface area (Å²) in [6, 6.07) is -1.50. The number of ketones is 1. The molecule has 56 valence electrons. The third kappa shape index (κ3) is 1.93. The van der Waals surface area contributed by atoms with Gasteiger partial charge in [0.15, 0.2) is 5.78 Å². The standard InChI is InChI=1S/C5H8N2O3/c1-2-3(8)4(7-10)5(6)9/h4H,2H2,1H3,(H2,6,9). The van der Waals surface area contributed by atoms with Crippen molar-refractivity contribution in [1.29, 1.82) is 0 Å². The molecule has 1 amide bonds. The molecule has 0 bridgehead atoms. The number of rotatable bonds is 4. The van der Waals surface area contributed by atoms with Crippen molar-refractivity contribution in [3.05, 3.63) is 4.91 Å².